The normalized spacial score (nSPS) is 12.3. The van der Waals surface area contributed by atoms with Gasteiger partial charge in [-0.3, -0.25) is 0 Å². The van der Waals surface area contributed by atoms with Crippen molar-refractivity contribution < 1.29 is 4.39 Å². The van der Waals surface area contributed by atoms with E-state index in [0.29, 0.717) is 5.52 Å². The van der Waals surface area contributed by atoms with E-state index in [-0.39, 0.29) is 11.2 Å². The van der Waals surface area contributed by atoms with E-state index in [9.17, 15) is 4.39 Å². The SMILES string of the molecule is CNCC(C)(C)c1cn(C)c2c(F)cccc12. The van der Waals surface area contributed by atoms with Gasteiger partial charge in [0.25, 0.3) is 0 Å². The Hall–Kier alpha value is -1.35. The van der Waals surface area contributed by atoms with Crippen LogP contribution in [0.25, 0.3) is 10.9 Å². The van der Waals surface area contributed by atoms with Crippen molar-refractivity contribution in [2.75, 3.05) is 13.6 Å². The summed E-state index contributed by atoms with van der Waals surface area (Å²) in [4.78, 5) is 0. The molecule has 3 heteroatoms. The third-order valence-electron chi connectivity index (χ3n) is 3.30. The van der Waals surface area contributed by atoms with Gasteiger partial charge in [-0.2, -0.15) is 0 Å². The molecule has 1 aromatic carbocycles. The Labute approximate surface area is 101 Å². The summed E-state index contributed by atoms with van der Waals surface area (Å²) in [7, 11) is 3.83. The number of nitrogens with one attached hydrogen (secondary N) is 1. The van der Waals surface area contributed by atoms with Crippen LogP contribution in [0.1, 0.15) is 19.4 Å². The molecule has 1 heterocycles. The van der Waals surface area contributed by atoms with Crippen LogP contribution in [0.3, 0.4) is 0 Å². The second-order valence-corrected chi connectivity index (χ2v) is 5.20. The fourth-order valence-electron chi connectivity index (χ4n) is 2.50. The summed E-state index contributed by atoms with van der Waals surface area (Å²) >= 11 is 0. The highest BCUT2D eigenvalue weighted by Gasteiger charge is 2.24. The molecule has 0 fully saturated rings. The minimum atomic E-state index is -0.156. The molecular weight excluding hydrogens is 215 g/mol. The van der Waals surface area contributed by atoms with Crippen LogP contribution in [-0.4, -0.2) is 18.2 Å². The number of nitrogens with zero attached hydrogens (tertiary/aromatic N) is 1. The van der Waals surface area contributed by atoms with E-state index in [1.165, 1.54) is 11.6 Å². The number of aromatic nitrogens is 1. The van der Waals surface area contributed by atoms with Gasteiger partial charge in [-0.1, -0.05) is 26.0 Å². The topological polar surface area (TPSA) is 17.0 Å². The first-order valence-electron chi connectivity index (χ1n) is 5.86. The first kappa shape index (κ1) is 12.1. The molecule has 2 rings (SSSR count). The van der Waals surface area contributed by atoms with Crippen molar-refractivity contribution in [2.45, 2.75) is 19.3 Å². The van der Waals surface area contributed by atoms with E-state index < -0.39 is 0 Å². The van der Waals surface area contributed by atoms with Crippen LogP contribution in [0, 0.1) is 5.82 Å². The Kier molecular flexibility index (Phi) is 2.96. The highest BCUT2D eigenvalue weighted by atomic mass is 19.1. The van der Waals surface area contributed by atoms with E-state index >= 15 is 0 Å². The largest absolute Gasteiger partial charge is 0.348 e. The molecule has 92 valence electrons. The van der Waals surface area contributed by atoms with Gasteiger partial charge >= 0.3 is 0 Å². The van der Waals surface area contributed by atoms with Gasteiger partial charge in [0.15, 0.2) is 0 Å². The summed E-state index contributed by atoms with van der Waals surface area (Å²) in [5.41, 5.74) is 1.86. The molecule has 0 atom stereocenters. The first-order valence-corrected chi connectivity index (χ1v) is 5.86. The van der Waals surface area contributed by atoms with Crippen molar-refractivity contribution in [1.82, 2.24) is 9.88 Å². The van der Waals surface area contributed by atoms with Crippen molar-refractivity contribution in [3.63, 3.8) is 0 Å². The highest BCUT2D eigenvalue weighted by Crippen LogP contribution is 2.32. The van der Waals surface area contributed by atoms with Crippen LogP contribution in [0.5, 0.6) is 0 Å². The third kappa shape index (κ3) is 1.95. The zero-order chi connectivity index (χ0) is 12.6. The van der Waals surface area contributed by atoms with Gasteiger partial charge in [0.2, 0.25) is 0 Å². The van der Waals surface area contributed by atoms with Crippen LogP contribution < -0.4 is 5.32 Å². The molecule has 0 unspecified atom stereocenters. The standard InChI is InChI=1S/C14H19FN2/c1-14(2,9-16-3)11-8-17(4)13-10(11)6-5-7-12(13)15/h5-8,16H,9H2,1-4H3. The third-order valence-corrected chi connectivity index (χ3v) is 3.30. The van der Waals surface area contributed by atoms with Crippen molar-refractivity contribution in [3.05, 3.63) is 35.8 Å². The summed E-state index contributed by atoms with van der Waals surface area (Å²) in [6, 6.07) is 5.28. The van der Waals surface area contributed by atoms with Gasteiger partial charge in [-0.25, -0.2) is 4.39 Å². The Morgan fingerprint density at radius 3 is 2.71 bits per heavy atom. The molecule has 17 heavy (non-hydrogen) atoms. The Bertz CT molecular complexity index is 540. The maximum Gasteiger partial charge on any atom is 0.147 e. The van der Waals surface area contributed by atoms with Gasteiger partial charge in [0.1, 0.15) is 5.82 Å². The number of hydrogen-bond acceptors (Lipinski definition) is 1. The smallest absolute Gasteiger partial charge is 0.147 e. The van der Waals surface area contributed by atoms with Crippen molar-refractivity contribution in [1.29, 1.82) is 0 Å². The predicted octanol–water partition coefficient (Wildman–Crippen LogP) is 2.81. The Balaban J connectivity index is 2.68. The average molecular weight is 234 g/mol. The zero-order valence-electron chi connectivity index (χ0n) is 10.8. The minimum absolute atomic E-state index is 0.0119. The van der Waals surface area contributed by atoms with Gasteiger partial charge in [-0.15, -0.1) is 0 Å². The van der Waals surface area contributed by atoms with Crippen LogP contribution >= 0.6 is 0 Å². The average Bonchev–Trinajstić information content (AvgIpc) is 2.58. The number of benzene rings is 1. The summed E-state index contributed by atoms with van der Waals surface area (Å²) in [6.07, 6.45) is 2.03. The molecule has 0 amide bonds. The zero-order valence-corrected chi connectivity index (χ0v) is 10.8. The fraction of sp³-hybridized carbons (Fsp3) is 0.429. The number of likely N-dealkylation sites (N-methyl/N-ethyl adjacent to an activating group) is 1. The van der Waals surface area contributed by atoms with Crippen molar-refractivity contribution in [2.24, 2.45) is 7.05 Å². The van der Waals surface area contributed by atoms with Crippen LogP contribution in [0.2, 0.25) is 0 Å². The summed E-state index contributed by atoms with van der Waals surface area (Å²) in [5, 5.41) is 4.20. The Morgan fingerprint density at radius 2 is 2.06 bits per heavy atom. The lowest BCUT2D eigenvalue weighted by Gasteiger charge is -2.24. The fourth-order valence-corrected chi connectivity index (χ4v) is 2.50. The molecule has 2 nitrogen and oxygen atoms in total. The number of rotatable bonds is 3. The second kappa shape index (κ2) is 4.15. The van der Waals surface area contributed by atoms with Gasteiger partial charge in [-0.05, 0) is 18.7 Å². The number of aryl methyl sites for hydroxylation is 1. The molecule has 1 N–H and O–H groups in total. The van der Waals surface area contributed by atoms with E-state index in [1.54, 1.807) is 6.07 Å². The van der Waals surface area contributed by atoms with E-state index in [0.717, 1.165) is 11.9 Å². The second-order valence-electron chi connectivity index (χ2n) is 5.20. The van der Waals surface area contributed by atoms with Crippen LogP contribution in [-0.2, 0) is 12.5 Å². The van der Waals surface area contributed by atoms with Gasteiger partial charge < -0.3 is 9.88 Å². The molecule has 0 bridgehead atoms. The maximum atomic E-state index is 13.8. The summed E-state index contributed by atoms with van der Waals surface area (Å²) < 4.78 is 15.7. The lowest BCUT2D eigenvalue weighted by Crippen LogP contribution is -2.30. The molecule has 0 radical (unpaired) electrons. The molecule has 0 aliphatic heterocycles. The Morgan fingerprint density at radius 1 is 1.35 bits per heavy atom. The van der Waals surface area contributed by atoms with Crippen LogP contribution in [0.15, 0.2) is 24.4 Å². The molecule has 0 aliphatic rings. The minimum Gasteiger partial charge on any atom is -0.348 e. The van der Waals surface area contributed by atoms with E-state index in [1.807, 2.05) is 30.9 Å². The molecule has 0 spiro atoms. The maximum absolute atomic E-state index is 13.8. The summed E-state index contributed by atoms with van der Waals surface area (Å²) in [6.45, 7) is 5.20. The quantitative estimate of drug-likeness (QED) is 0.864. The predicted molar refractivity (Wildman–Crippen MR) is 69.8 cm³/mol. The number of para-hydroxylation sites is 1. The van der Waals surface area contributed by atoms with Gasteiger partial charge in [0, 0.05) is 30.6 Å². The lowest BCUT2D eigenvalue weighted by molar-refractivity contribution is 0.496. The van der Waals surface area contributed by atoms with Gasteiger partial charge in [0.05, 0.1) is 5.52 Å². The lowest BCUT2D eigenvalue weighted by atomic mass is 9.84. The van der Waals surface area contributed by atoms with E-state index in [4.69, 9.17) is 0 Å². The van der Waals surface area contributed by atoms with Crippen molar-refractivity contribution in [3.8, 4) is 0 Å². The highest BCUT2D eigenvalue weighted by molar-refractivity contribution is 5.85. The number of halogens is 1. The monoisotopic (exact) mass is 234 g/mol. The molecule has 0 saturated heterocycles. The van der Waals surface area contributed by atoms with Crippen LogP contribution in [0.4, 0.5) is 4.39 Å². The van der Waals surface area contributed by atoms with E-state index in [2.05, 4.69) is 19.2 Å². The molecular formula is C14H19FN2. The molecule has 1 aromatic heterocycles. The molecule has 0 saturated carbocycles. The van der Waals surface area contributed by atoms with Crippen molar-refractivity contribution >= 4 is 10.9 Å². The summed E-state index contributed by atoms with van der Waals surface area (Å²) in [5.74, 6) is -0.156. The molecule has 0 aliphatic carbocycles. The molecule has 2 aromatic rings. The number of fused-ring (bicyclic) bond motifs is 1. The number of hydrogen-bond donors (Lipinski definition) is 1. The first-order chi connectivity index (χ1) is 7.97.